The average molecular weight is 250 g/mol. The van der Waals surface area contributed by atoms with E-state index in [9.17, 15) is 0 Å². The molecule has 0 spiro atoms. The van der Waals surface area contributed by atoms with Crippen molar-refractivity contribution in [1.29, 1.82) is 0 Å². The largest absolute Gasteiger partial charge is 0.337 e. The van der Waals surface area contributed by atoms with E-state index in [1.165, 1.54) is 9.75 Å². The van der Waals surface area contributed by atoms with Crippen molar-refractivity contribution in [2.45, 2.75) is 19.6 Å². The maximum absolute atomic E-state index is 5.61. The number of nitrogens with zero attached hydrogens (tertiary/aromatic N) is 3. The summed E-state index contributed by atoms with van der Waals surface area (Å²) in [5.41, 5.74) is 5.61. The van der Waals surface area contributed by atoms with Gasteiger partial charge in [-0.2, -0.15) is 0 Å². The van der Waals surface area contributed by atoms with Crippen molar-refractivity contribution in [2.75, 3.05) is 7.05 Å². The van der Waals surface area contributed by atoms with Gasteiger partial charge in [0, 0.05) is 42.3 Å². The van der Waals surface area contributed by atoms with Crippen molar-refractivity contribution in [3.05, 3.63) is 40.1 Å². The number of hydrogen-bond acceptors (Lipinski definition) is 4. The minimum absolute atomic E-state index is 0.633. The molecule has 0 aliphatic carbocycles. The van der Waals surface area contributed by atoms with Gasteiger partial charge in [-0.25, -0.2) is 4.98 Å². The molecule has 0 amide bonds. The molecule has 2 heterocycles. The number of aromatic nitrogens is 2. The summed E-state index contributed by atoms with van der Waals surface area (Å²) in [5, 5.41) is 0. The Balaban J connectivity index is 1.93. The normalized spacial score (nSPS) is 11.3. The van der Waals surface area contributed by atoms with Gasteiger partial charge in [0.15, 0.2) is 0 Å². The van der Waals surface area contributed by atoms with Crippen LogP contribution in [0, 0.1) is 0 Å². The fourth-order valence-electron chi connectivity index (χ4n) is 1.73. The van der Waals surface area contributed by atoms with E-state index in [4.69, 9.17) is 5.73 Å². The van der Waals surface area contributed by atoms with Crippen LogP contribution in [0.1, 0.15) is 15.6 Å². The first-order chi connectivity index (χ1) is 8.19. The van der Waals surface area contributed by atoms with Crippen LogP contribution in [-0.4, -0.2) is 21.5 Å². The molecule has 2 rings (SSSR count). The highest BCUT2D eigenvalue weighted by atomic mass is 32.1. The predicted molar refractivity (Wildman–Crippen MR) is 70.6 cm³/mol. The van der Waals surface area contributed by atoms with Crippen LogP contribution in [0.2, 0.25) is 0 Å². The topological polar surface area (TPSA) is 47.1 Å². The van der Waals surface area contributed by atoms with Crippen molar-refractivity contribution < 1.29 is 0 Å². The SMILES string of the molecule is CN(Cc1ccc(CN)s1)Cc1nccn1C. The Morgan fingerprint density at radius 2 is 2.12 bits per heavy atom. The molecule has 4 nitrogen and oxygen atoms in total. The minimum atomic E-state index is 0.633. The lowest BCUT2D eigenvalue weighted by molar-refractivity contribution is 0.310. The molecule has 5 heteroatoms. The number of nitrogens with two attached hydrogens (primary N) is 1. The van der Waals surface area contributed by atoms with Crippen molar-refractivity contribution in [2.24, 2.45) is 12.8 Å². The van der Waals surface area contributed by atoms with Gasteiger partial charge in [-0.1, -0.05) is 0 Å². The molecule has 0 saturated heterocycles. The van der Waals surface area contributed by atoms with E-state index in [1.54, 1.807) is 11.3 Å². The average Bonchev–Trinajstić information content (AvgIpc) is 2.89. The Hall–Kier alpha value is -1.17. The molecular weight excluding hydrogens is 232 g/mol. The summed E-state index contributed by atoms with van der Waals surface area (Å²) in [7, 11) is 4.13. The number of thiophene rings is 1. The molecular formula is C12H18N4S. The molecule has 2 aromatic rings. The van der Waals surface area contributed by atoms with Crippen LogP contribution in [-0.2, 0) is 26.7 Å². The first kappa shape index (κ1) is 12.3. The van der Waals surface area contributed by atoms with Gasteiger partial charge in [-0.3, -0.25) is 4.90 Å². The molecule has 0 aliphatic heterocycles. The van der Waals surface area contributed by atoms with Gasteiger partial charge in [0.2, 0.25) is 0 Å². The van der Waals surface area contributed by atoms with Crippen molar-refractivity contribution in [3.8, 4) is 0 Å². The minimum Gasteiger partial charge on any atom is -0.337 e. The van der Waals surface area contributed by atoms with Crippen LogP contribution in [0.5, 0.6) is 0 Å². The highest BCUT2D eigenvalue weighted by molar-refractivity contribution is 7.11. The molecule has 0 aromatic carbocycles. The summed E-state index contributed by atoms with van der Waals surface area (Å²) in [5.74, 6) is 1.09. The Bertz CT molecular complexity index is 474. The van der Waals surface area contributed by atoms with E-state index < -0.39 is 0 Å². The lowest BCUT2D eigenvalue weighted by Crippen LogP contribution is -2.18. The monoisotopic (exact) mass is 250 g/mol. The van der Waals surface area contributed by atoms with Gasteiger partial charge in [0.05, 0.1) is 6.54 Å². The zero-order chi connectivity index (χ0) is 12.3. The van der Waals surface area contributed by atoms with Crippen LogP contribution in [0.15, 0.2) is 24.5 Å². The second-order valence-electron chi connectivity index (χ2n) is 4.20. The third-order valence-corrected chi connectivity index (χ3v) is 3.77. The van der Waals surface area contributed by atoms with Crippen molar-refractivity contribution in [1.82, 2.24) is 14.5 Å². The Morgan fingerprint density at radius 1 is 1.35 bits per heavy atom. The van der Waals surface area contributed by atoms with E-state index in [0.717, 1.165) is 18.9 Å². The Kier molecular flexibility index (Phi) is 3.93. The maximum atomic E-state index is 5.61. The maximum Gasteiger partial charge on any atom is 0.122 e. The number of imidazole rings is 1. The molecule has 0 aliphatic rings. The van der Waals surface area contributed by atoms with Gasteiger partial charge < -0.3 is 10.3 Å². The number of rotatable bonds is 5. The Morgan fingerprint density at radius 3 is 2.71 bits per heavy atom. The highest BCUT2D eigenvalue weighted by Gasteiger charge is 2.06. The van der Waals surface area contributed by atoms with E-state index in [2.05, 4.69) is 33.6 Å². The van der Waals surface area contributed by atoms with Gasteiger partial charge in [0.25, 0.3) is 0 Å². The third-order valence-electron chi connectivity index (χ3n) is 2.68. The molecule has 0 saturated carbocycles. The number of aryl methyl sites for hydroxylation is 1. The first-order valence-corrected chi connectivity index (χ1v) is 6.43. The zero-order valence-corrected chi connectivity index (χ0v) is 11.1. The van der Waals surface area contributed by atoms with Gasteiger partial charge >= 0.3 is 0 Å². The van der Waals surface area contributed by atoms with Crippen LogP contribution >= 0.6 is 11.3 Å². The lowest BCUT2D eigenvalue weighted by Gasteiger charge is -2.15. The standard InChI is InChI=1S/C12H18N4S/c1-15(9-12-14-5-6-16(12)2)8-11-4-3-10(7-13)17-11/h3-6H,7-9,13H2,1-2H3. The zero-order valence-electron chi connectivity index (χ0n) is 10.3. The predicted octanol–water partition coefficient (Wildman–Crippen LogP) is 1.57. The summed E-state index contributed by atoms with van der Waals surface area (Å²) >= 11 is 1.78. The molecule has 92 valence electrons. The summed E-state index contributed by atoms with van der Waals surface area (Å²) in [6.45, 7) is 2.44. The van der Waals surface area contributed by atoms with Crippen LogP contribution < -0.4 is 5.73 Å². The van der Waals surface area contributed by atoms with Gasteiger partial charge in [-0.05, 0) is 19.2 Å². The van der Waals surface area contributed by atoms with Gasteiger partial charge in [-0.15, -0.1) is 11.3 Å². The Labute approximate surface area is 106 Å². The molecule has 0 fully saturated rings. The quantitative estimate of drug-likeness (QED) is 0.876. The van der Waals surface area contributed by atoms with E-state index >= 15 is 0 Å². The van der Waals surface area contributed by atoms with E-state index in [1.807, 2.05) is 19.4 Å². The van der Waals surface area contributed by atoms with E-state index in [0.29, 0.717) is 6.54 Å². The van der Waals surface area contributed by atoms with Gasteiger partial charge in [0.1, 0.15) is 5.82 Å². The second-order valence-corrected chi connectivity index (χ2v) is 5.45. The van der Waals surface area contributed by atoms with Crippen LogP contribution in [0.3, 0.4) is 0 Å². The smallest absolute Gasteiger partial charge is 0.122 e. The van der Waals surface area contributed by atoms with E-state index in [-0.39, 0.29) is 0 Å². The van der Waals surface area contributed by atoms with Crippen LogP contribution in [0.25, 0.3) is 0 Å². The highest BCUT2D eigenvalue weighted by Crippen LogP contribution is 2.17. The summed E-state index contributed by atoms with van der Waals surface area (Å²) in [4.78, 5) is 9.17. The molecule has 0 radical (unpaired) electrons. The molecule has 2 N–H and O–H groups in total. The second kappa shape index (κ2) is 5.44. The van der Waals surface area contributed by atoms with Crippen molar-refractivity contribution >= 4 is 11.3 Å². The first-order valence-electron chi connectivity index (χ1n) is 5.61. The molecule has 0 atom stereocenters. The summed E-state index contributed by atoms with van der Waals surface area (Å²) < 4.78 is 2.05. The third kappa shape index (κ3) is 3.15. The molecule has 0 unspecified atom stereocenters. The molecule has 0 bridgehead atoms. The fraction of sp³-hybridized carbons (Fsp3) is 0.417. The van der Waals surface area contributed by atoms with Crippen LogP contribution in [0.4, 0.5) is 0 Å². The molecule has 2 aromatic heterocycles. The lowest BCUT2D eigenvalue weighted by atomic mass is 10.4. The fourth-order valence-corrected chi connectivity index (χ4v) is 2.71. The number of hydrogen-bond donors (Lipinski definition) is 1. The summed E-state index contributed by atoms with van der Waals surface area (Å²) in [6.07, 6.45) is 3.81. The summed E-state index contributed by atoms with van der Waals surface area (Å²) in [6, 6.07) is 4.26. The molecule has 17 heavy (non-hydrogen) atoms. The van der Waals surface area contributed by atoms with Crippen molar-refractivity contribution in [3.63, 3.8) is 0 Å².